The fraction of sp³-hybridized carbons (Fsp3) is 0.611. The molecule has 4 nitrogen and oxygen atoms in total. The number of hydrogen-bond acceptors (Lipinski definition) is 3. The molecule has 1 aromatic rings. The molecule has 3 rings (SSSR count). The van der Waals surface area contributed by atoms with Crippen LogP contribution in [-0.4, -0.2) is 36.2 Å². The Bertz CT molecular complexity index is 487. The SMILES string of the molecule is CN[C@@H]1CCCC[C@@H]1N(C(=O)OCc1ccccc1)C1CC1. The van der Waals surface area contributed by atoms with Crippen molar-refractivity contribution < 1.29 is 9.53 Å². The summed E-state index contributed by atoms with van der Waals surface area (Å²) >= 11 is 0. The molecule has 0 spiro atoms. The van der Waals surface area contributed by atoms with E-state index in [4.69, 9.17) is 4.74 Å². The topological polar surface area (TPSA) is 41.6 Å². The van der Waals surface area contributed by atoms with Gasteiger partial charge >= 0.3 is 6.09 Å². The summed E-state index contributed by atoms with van der Waals surface area (Å²) < 4.78 is 5.60. The molecule has 22 heavy (non-hydrogen) atoms. The van der Waals surface area contributed by atoms with Crippen LogP contribution in [0.5, 0.6) is 0 Å². The van der Waals surface area contributed by atoms with Gasteiger partial charge in [0.2, 0.25) is 0 Å². The van der Waals surface area contributed by atoms with Crippen LogP contribution in [0.2, 0.25) is 0 Å². The second-order valence-electron chi connectivity index (χ2n) is 6.43. The van der Waals surface area contributed by atoms with Crippen molar-refractivity contribution in [1.82, 2.24) is 10.2 Å². The monoisotopic (exact) mass is 302 g/mol. The quantitative estimate of drug-likeness (QED) is 0.907. The van der Waals surface area contributed by atoms with E-state index in [1.807, 2.05) is 42.3 Å². The second-order valence-corrected chi connectivity index (χ2v) is 6.43. The van der Waals surface area contributed by atoms with E-state index in [2.05, 4.69) is 5.32 Å². The maximum atomic E-state index is 12.6. The maximum absolute atomic E-state index is 12.6. The minimum atomic E-state index is -0.140. The van der Waals surface area contributed by atoms with Gasteiger partial charge in [-0.3, -0.25) is 0 Å². The van der Waals surface area contributed by atoms with E-state index < -0.39 is 0 Å². The summed E-state index contributed by atoms with van der Waals surface area (Å²) in [6, 6.07) is 11.0. The Balaban J connectivity index is 1.64. The first-order valence-electron chi connectivity index (χ1n) is 8.46. The van der Waals surface area contributed by atoms with Crippen molar-refractivity contribution in [3.8, 4) is 0 Å². The molecule has 1 N–H and O–H groups in total. The maximum Gasteiger partial charge on any atom is 0.410 e. The highest BCUT2D eigenvalue weighted by Crippen LogP contribution is 2.34. The first-order chi connectivity index (χ1) is 10.8. The molecule has 2 saturated carbocycles. The smallest absolute Gasteiger partial charge is 0.410 e. The first kappa shape index (κ1) is 15.3. The molecule has 0 bridgehead atoms. The van der Waals surface area contributed by atoms with E-state index in [-0.39, 0.29) is 12.1 Å². The number of nitrogens with zero attached hydrogens (tertiary/aromatic N) is 1. The molecule has 0 aliphatic heterocycles. The van der Waals surface area contributed by atoms with E-state index in [1.54, 1.807) is 0 Å². The van der Waals surface area contributed by atoms with Crippen molar-refractivity contribution in [2.45, 2.75) is 63.3 Å². The molecule has 1 aromatic carbocycles. The zero-order chi connectivity index (χ0) is 15.4. The normalized spacial score (nSPS) is 24.8. The van der Waals surface area contributed by atoms with Crippen LogP contribution in [0.25, 0.3) is 0 Å². The summed E-state index contributed by atoms with van der Waals surface area (Å²) in [4.78, 5) is 14.7. The average Bonchev–Trinajstić information content (AvgIpc) is 3.39. The van der Waals surface area contributed by atoms with Crippen LogP contribution in [0, 0.1) is 0 Å². The van der Waals surface area contributed by atoms with Gasteiger partial charge in [0, 0.05) is 12.1 Å². The lowest BCUT2D eigenvalue weighted by atomic mass is 9.89. The number of rotatable bonds is 5. The Morgan fingerprint density at radius 3 is 2.59 bits per heavy atom. The lowest BCUT2D eigenvalue weighted by Crippen LogP contribution is -2.54. The molecule has 2 fully saturated rings. The fourth-order valence-electron chi connectivity index (χ4n) is 3.48. The van der Waals surface area contributed by atoms with Gasteiger partial charge in [-0.25, -0.2) is 4.79 Å². The molecule has 2 atom stereocenters. The highest BCUT2D eigenvalue weighted by molar-refractivity contribution is 5.69. The van der Waals surface area contributed by atoms with Gasteiger partial charge in [0.1, 0.15) is 6.61 Å². The van der Waals surface area contributed by atoms with Gasteiger partial charge in [-0.15, -0.1) is 0 Å². The number of ether oxygens (including phenoxy) is 1. The van der Waals surface area contributed by atoms with Crippen LogP contribution in [0.15, 0.2) is 30.3 Å². The standard InChI is InChI=1S/C18H26N2O2/c1-19-16-9-5-6-10-17(16)20(15-11-12-15)18(21)22-13-14-7-3-2-4-8-14/h2-4,7-8,15-17,19H,5-6,9-13H2,1H3/t16-,17+/m1/s1. The molecule has 120 valence electrons. The van der Waals surface area contributed by atoms with Gasteiger partial charge in [0.15, 0.2) is 0 Å². The summed E-state index contributed by atoms with van der Waals surface area (Å²) in [6.45, 7) is 0.361. The summed E-state index contributed by atoms with van der Waals surface area (Å²) in [5.74, 6) is 0. The van der Waals surface area contributed by atoms with E-state index >= 15 is 0 Å². The number of benzene rings is 1. The van der Waals surface area contributed by atoms with Crippen LogP contribution in [0.1, 0.15) is 44.1 Å². The Morgan fingerprint density at radius 1 is 1.18 bits per heavy atom. The fourth-order valence-corrected chi connectivity index (χ4v) is 3.48. The van der Waals surface area contributed by atoms with E-state index in [1.165, 1.54) is 12.8 Å². The zero-order valence-electron chi connectivity index (χ0n) is 13.3. The Kier molecular flexibility index (Phi) is 4.98. The predicted molar refractivity (Wildman–Crippen MR) is 86.6 cm³/mol. The third-order valence-electron chi connectivity index (χ3n) is 4.81. The third kappa shape index (κ3) is 3.61. The first-order valence-corrected chi connectivity index (χ1v) is 8.46. The van der Waals surface area contributed by atoms with Gasteiger partial charge in [-0.1, -0.05) is 43.2 Å². The molecule has 0 radical (unpaired) electrons. The van der Waals surface area contributed by atoms with E-state index in [9.17, 15) is 4.79 Å². The molecule has 0 heterocycles. The molecular formula is C18H26N2O2. The molecule has 0 saturated heterocycles. The van der Waals surface area contributed by atoms with Gasteiger partial charge in [0.25, 0.3) is 0 Å². The average molecular weight is 302 g/mol. The minimum absolute atomic E-state index is 0.140. The molecule has 0 aromatic heterocycles. The van der Waals surface area contributed by atoms with Crippen molar-refractivity contribution in [1.29, 1.82) is 0 Å². The number of hydrogen-bond donors (Lipinski definition) is 1. The number of likely N-dealkylation sites (N-methyl/N-ethyl adjacent to an activating group) is 1. The van der Waals surface area contributed by atoms with Gasteiger partial charge in [0.05, 0.1) is 6.04 Å². The van der Waals surface area contributed by atoms with Crippen LogP contribution in [0.3, 0.4) is 0 Å². The van der Waals surface area contributed by atoms with Gasteiger partial charge in [-0.2, -0.15) is 0 Å². The zero-order valence-corrected chi connectivity index (χ0v) is 13.3. The van der Waals surface area contributed by atoms with Crippen molar-refractivity contribution in [2.24, 2.45) is 0 Å². The summed E-state index contributed by atoms with van der Waals surface area (Å²) in [5.41, 5.74) is 1.04. The highest BCUT2D eigenvalue weighted by Gasteiger charge is 2.41. The van der Waals surface area contributed by atoms with Crippen LogP contribution < -0.4 is 5.32 Å². The van der Waals surface area contributed by atoms with Crippen LogP contribution >= 0.6 is 0 Å². The highest BCUT2D eigenvalue weighted by atomic mass is 16.6. The Labute approximate surface area is 132 Å². The molecule has 0 unspecified atom stereocenters. The predicted octanol–water partition coefficient (Wildman–Crippen LogP) is 3.32. The molecule has 1 amide bonds. The second kappa shape index (κ2) is 7.14. The lowest BCUT2D eigenvalue weighted by molar-refractivity contribution is 0.0591. The van der Waals surface area contributed by atoms with Gasteiger partial charge < -0.3 is 15.0 Å². The van der Waals surface area contributed by atoms with E-state index in [0.717, 1.165) is 31.2 Å². The number of carbonyl (C=O) groups is 1. The van der Waals surface area contributed by atoms with Crippen LogP contribution in [0.4, 0.5) is 4.79 Å². The summed E-state index contributed by atoms with van der Waals surface area (Å²) in [6.07, 6.45) is 6.79. The van der Waals surface area contributed by atoms with Crippen molar-refractivity contribution in [3.05, 3.63) is 35.9 Å². The van der Waals surface area contributed by atoms with E-state index in [0.29, 0.717) is 18.7 Å². The number of nitrogens with one attached hydrogen (secondary N) is 1. The molecule has 2 aliphatic carbocycles. The largest absolute Gasteiger partial charge is 0.445 e. The molecule has 4 heteroatoms. The third-order valence-corrected chi connectivity index (χ3v) is 4.81. The summed E-state index contributed by atoms with van der Waals surface area (Å²) in [5, 5.41) is 3.40. The minimum Gasteiger partial charge on any atom is -0.445 e. The van der Waals surface area contributed by atoms with Crippen molar-refractivity contribution in [2.75, 3.05) is 7.05 Å². The van der Waals surface area contributed by atoms with Gasteiger partial charge in [-0.05, 0) is 38.3 Å². The van der Waals surface area contributed by atoms with Crippen molar-refractivity contribution in [3.63, 3.8) is 0 Å². The molecular weight excluding hydrogens is 276 g/mol. The Morgan fingerprint density at radius 2 is 1.91 bits per heavy atom. The Hall–Kier alpha value is -1.55. The number of carbonyl (C=O) groups excluding carboxylic acids is 1. The van der Waals surface area contributed by atoms with Crippen LogP contribution in [-0.2, 0) is 11.3 Å². The van der Waals surface area contributed by atoms with Crippen molar-refractivity contribution >= 4 is 6.09 Å². The summed E-state index contributed by atoms with van der Waals surface area (Å²) in [7, 11) is 2.00. The lowest BCUT2D eigenvalue weighted by Gasteiger charge is -2.39. The molecule has 2 aliphatic rings. The number of amides is 1.